The van der Waals surface area contributed by atoms with Crippen LogP contribution in [0.4, 0.5) is 17.1 Å². The second kappa shape index (κ2) is 10.4. The molecule has 0 unspecified atom stereocenters. The summed E-state index contributed by atoms with van der Waals surface area (Å²) in [6, 6.07) is 22.2. The Morgan fingerprint density at radius 2 is 1.44 bits per heavy atom. The van der Waals surface area contributed by atoms with Gasteiger partial charge in [-0.15, -0.1) is 5.11 Å². The van der Waals surface area contributed by atoms with Gasteiger partial charge in [0.15, 0.2) is 0 Å². The fourth-order valence-corrected chi connectivity index (χ4v) is 6.23. The van der Waals surface area contributed by atoms with E-state index in [1.54, 1.807) is 36.4 Å². The highest BCUT2D eigenvalue weighted by Crippen LogP contribution is 2.44. The predicted octanol–water partition coefficient (Wildman–Crippen LogP) is 9.42. The molecule has 7 rings (SSSR count). The highest BCUT2D eigenvalue weighted by Gasteiger charge is 2.34. The molecule has 43 heavy (non-hydrogen) atoms. The number of fused-ring (bicyclic) bond motifs is 6. The van der Waals surface area contributed by atoms with Crippen LogP contribution in [0, 0.1) is 0 Å². The number of rotatable bonds is 4. The summed E-state index contributed by atoms with van der Waals surface area (Å²) >= 11 is 25.0. The second-order valence-electron chi connectivity index (χ2n) is 9.75. The summed E-state index contributed by atoms with van der Waals surface area (Å²) in [6.45, 7) is 0. The number of amidine groups is 1. The molecule has 6 aromatic rings. The number of aliphatic imine (C=N–C) groups is 1. The number of H-pyrrole nitrogens is 1. The standard InChI is InChI=1S/C31H16Cl4N6O2/c32-24-22-23(25(33)27(35)26(24)34)31(43)39-30(22)37-15-6-8-16(9-7-15)40-41-20-12-14(29(36)42)11-13-5-10-18-17-3-1-2-4-19(17)38-28(18)21(13)20/h1-12,38H,(H2,36,42)(H,37,39,43). The van der Waals surface area contributed by atoms with Gasteiger partial charge in [-0.3, -0.25) is 9.59 Å². The Bertz CT molecular complexity index is 2260. The molecule has 0 bridgehead atoms. The molecule has 12 heteroatoms. The van der Waals surface area contributed by atoms with E-state index >= 15 is 0 Å². The van der Waals surface area contributed by atoms with Crippen LogP contribution in [0.5, 0.6) is 0 Å². The molecular weight excluding hydrogens is 630 g/mol. The predicted molar refractivity (Wildman–Crippen MR) is 173 cm³/mol. The third kappa shape index (κ3) is 4.51. The highest BCUT2D eigenvalue weighted by molar-refractivity contribution is 6.55. The molecule has 0 aliphatic carbocycles. The molecular formula is C31H16Cl4N6O2. The minimum absolute atomic E-state index is 0.00202. The molecule has 0 saturated carbocycles. The van der Waals surface area contributed by atoms with Gasteiger partial charge in [-0.2, -0.15) is 5.11 Å². The molecule has 0 atom stereocenters. The van der Waals surface area contributed by atoms with Crippen LogP contribution in [0.1, 0.15) is 26.3 Å². The van der Waals surface area contributed by atoms with Crippen molar-refractivity contribution in [3.63, 3.8) is 0 Å². The molecule has 0 fully saturated rings. The summed E-state index contributed by atoms with van der Waals surface area (Å²) in [5.74, 6) is -0.861. The lowest BCUT2D eigenvalue weighted by Gasteiger charge is -2.08. The van der Waals surface area contributed by atoms with Gasteiger partial charge in [0.2, 0.25) is 5.91 Å². The number of nitrogens with one attached hydrogen (secondary N) is 2. The first kappa shape index (κ1) is 27.4. The third-order valence-electron chi connectivity index (χ3n) is 7.19. The van der Waals surface area contributed by atoms with Gasteiger partial charge < -0.3 is 16.0 Å². The zero-order valence-corrected chi connectivity index (χ0v) is 24.7. The summed E-state index contributed by atoms with van der Waals surface area (Å²) in [4.78, 5) is 32.7. The van der Waals surface area contributed by atoms with Crippen LogP contribution in [0.15, 0.2) is 88.0 Å². The number of nitrogens with zero attached hydrogens (tertiary/aromatic N) is 3. The first-order chi connectivity index (χ1) is 20.7. The van der Waals surface area contributed by atoms with Gasteiger partial charge in [0, 0.05) is 27.2 Å². The van der Waals surface area contributed by atoms with Gasteiger partial charge in [0.1, 0.15) is 5.84 Å². The number of carbonyl (C=O) groups is 2. The highest BCUT2D eigenvalue weighted by atomic mass is 35.5. The maximum atomic E-state index is 12.6. The van der Waals surface area contributed by atoms with Crippen molar-refractivity contribution in [2.75, 3.05) is 0 Å². The van der Waals surface area contributed by atoms with Crippen molar-refractivity contribution in [3.8, 4) is 0 Å². The van der Waals surface area contributed by atoms with Crippen LogP contribution in [0.3, 0.4) is 0 Å². The Balaban J connectivity index is 1.27. The lowest BCUT2D eigenvalue weighted by molar-refractivity contribution is 0.0980. The number of aromatic nitrogens is 1. The zero-order valence-electron chi connectivity index (χ0n) is 21.7. The van der Waals surface area contributed by atoms with E-state index in [0.29, 0.717) is 22.6 Å². The van der Waals surface area contributed by atoms with Crippen molar-refractivity contribution in [2.45, 2.75) is 0 Å². The van der Waals surface area contributed by atoms with E-state index in [9.17, 15) is 9.59 Å². The van der Waals surface area contributed by atoms with Crippen LogP contribution in [0.2, 0.25) is 20.1 Å². The monoisotopic (exact) mass is 644 g/mol. The van der Waals surface area contributed by atoms with Gasteiger partial charge in [-0.05, 0) is 47.9 Å². The van der Waals surface area contributed by atoms with Gasteiger partial charge in [-0.1, -0.05) is 76.7 Å². The fourth-order valence-electron chi connectivity index (χ4n) is 5.20. The molecule has 8 nitrogen and oxygen atoms in total. The Kier molecular flexibility index (Phi) is 6.59. The lowest BCUT2D eigenvalue weighted by Crippen LogP contribution is -2.21. The average Bonchev–Trinajstić information content (AvgIpc) is 3.55. The SMILES string of the molecule is NC(=O)c1cc(N=Nc2ccc(N=C3NC(=O)c4c(Cl)c(Cl)c(Cl)c(Cl)c43)cc2)c2c(ccc3c4ccccc4[nH]c32)c1. The minimum atomic E-state index is -0.566. The lowest BCUT2D eigenvalue weighted by atomic mass is 10.0. The largest absolute Gasteiger partial charge is 0.366 e. The van der Waals surface area contributed by atoms with Gasteiger partial charge in [0.25, 0.3) is 5.91 Å². The first-order valence-corrected chi connectivity index (χ1v) is 14.3. The van der Waals surface area contributed by atoms with E-state index in [2.05, 4.69) is 25.5 Å². The topological polar surface area (TPSA) is 125 Å². The molecule has 0 spiro atoms. The smallest absolute Gasteiger partial charge is 0.259 e. The van der Waals surface area contributed by atoms with E-state index in [1.165, 1.54) is 0 Å². The number of halogens is 4. The summed E-state index contributed by atoms with van der Waals surface area (Å²) in [7, 11) is 0. The Morgan fingerprint density at radius 3 is 2.19 bits per heavy atom. The van der Waals surface area contributed by atoms with E-state index in [-0.39, 0.29) is 37.1 Å². The van der Waals surface area contributed by atoms with Crippen LogP contribution in [-0.4, -0.2) is 22.6 Å². The van der Waals surface area contributed by atoms with Crippen LogP contribution >= 0.6 is 46.4 Å². The number of nitrogens with two attached hydrogens (primary N) is 1. The van der Waals surface area contributed by atoms with E-state index in [1.807, 2.05) is 36.4 Å². The van der Waals surface area contributed by atoms with Gasteiger partial charge in [-0.25, -0.2) is 4.99 Å². The Morgan fingerprint density at radius 1 is 0.744 bits per heavy atom. The number of benzene rings is 5. The van der Waals surface area contributed by atoms with E-state index in [0.717, 1.165) is 32.6 Å². The quantitative estimate of drug-likeness (QED) is 0.100. The first-order valence-electron chi connectivity index (χ1n) is 12.8. The van der Waals surface area contributed by atoms with Crippen molar-refractivity contribution in [1.82, 2.24) is 10.3 Å². The van der Waals surface area contributed by atoms with Crippen molar-refractivity contribution in [2.24, 2.45) is 21.0 Å². The number of hydrogen-bond acceptors (Lipinski definition) is 5. The molecule has 1 aliphatic heterocycles. The summed E-state index contributed by atoms with van der Waals surface area (Å²) < 4.78 is 0. The average molecular weight is 646 g/mol. The number of amides is 2. The molecule has 1 aromatic heterocycles. The van der Waals surface area contributed by atoms with Crippen molar-refractivity contribution >= 4 is 114 Å². The molecule has 2 amide bonds. The molecule has 4 N–H and O–H groups in total. The number of hydrogen-bond donors (Lipinski definition) is 3. The maximum Gasteiger partial charge on any atom is 0.259 e. The van der Waals surface area contributed by atoms with Crippen molar-refractivity contribution < 1.29 is 9.59 Å². The molecule has 0 radical (unpaired) electrons. The van der Waals surface area contributed by atoms with Crippen LogP contribution < -0.4 is 11.1 Å². The number of para-hydroxylation sites is 1. The fraction of sp³-hybridized carbons (Fsp3) is 0. The van der Waals surface area contributed by atoms with E-state index < -0.39 is 11.8 Å². The molecule has 0 saturated heterocycles. The molecule has 210 valence electrons. The zero-order chi connectivity index (χ0) is 30.0. The summed E-state index contributed by atoms with van der Waals surface area (Å²) in [5.41, 5.74) is 9.71. The molecule has 2 heterocycles. The van der Waals surface area contributed by atoms with Gasteiger partial charge >= 0.3 is 0 Å². The Hall–Kier alpha value is -4.47. The Labute approximate surface area is 263 Å². The number of azo groups is 1. The summed E-state index contributed by atoms with van der Waals surface area (Å²) in [5, 5.41) is 15.4. The molecule has 5 aromatic carbocycles. The minimum Gasteiger partial charge on any atom is -0.366 e. The van der Waals surface area contributed by atoms with Crippen LogP contribution in [-0.2, 0) is 0 Å². The second-order valence-corrected chi connectivity index (χ2v) is 11.3. The third-order valence-corrected chi connectivity index (χ3v) is 8.99. The number of aromatic amines is 1. The van der Waals surface area contributed by atoms with Crippen LogP contribution in [0.25, 0.3) is 32.6 Å². The van der Waals surface area contributed by atoms with Crippen molar-refractivity contribution in [3.05, 3.63) is 110 Å². The maximum absolute atomic E-state index is 12.6. The van der Waals surface area contributed by atoms with E-state index in [4.69, 9.17) is 52.1 Å². The number of primary amides is 1. The summed E-state index contributed by atoms with van der Waals surface area (Å²) in [6.07, 6.45) is 0. The molecule has 1 aliphatic rings. The van der Waals surface area contributed by atoms with Crippen molar-refractivity contribution in [1.29, 1.82) is 0 Å². The number of carbonyl (C=O) groups excluding carboxylic acids is 2. The van der Waals surface area contributed by atoms with Gasteiger partial charge in [0.05, 0.1) is 53.8 Å². The normalized spacial score (nSPS) is 14.0.